The van der Waals surface area contributed by atoms with Gasteiger partial charge in [-0.3, -0.25) is 14.4 Å². The number of carbonyl (C=O) groups is 3. The van der Waals surface area contributed by atoms with E-state index in [4.69, 9.17) is 58.5 Å². The Kier molecular flexibility index (Phi) is 12.0. The van der Waals surface area contributed by atoms with Crippen LogP contribution in [-0.2, 0) is 38.4 Å². The van der Waals surface area contributed by atoms with Crippen LogP contribution in [-0.4, -0.2) is 64.2 Å². The average molecular weight is 612 g/mol. The Morgan fingerprint density at radius 3 is 1.79 bits per heavy atom. The molecule has 0 spiro atoms. The molecule has 2 atom stereocenters. The molecule has 0 aliphatic carbocycles. The normalized spacial score (nSPS) is 12.7. The van der Waals surface area contributed by atoms with E-state index in [0.717, 1.165) is 0 Å². The van der Waals surface area contributed by atoms with E-state index in [-0.39, 0.29) is 57.0 Å². The molecule has 2 aromatic rings. The highest BCUT2D eigenvalue weighted by atomic mass is 35.5. The number of carbonyl (C=O) groups excluding carboxylic acids is 3. The molecular formula is C24H25Cl3O10S. The Hall–Kier alpha value is -2.73. The summed E-state index contributed by atoms with van der Waals surface area (Å²) in [4.78, 5) is 33.1. The molecule has 2 rings (SSSR count). The van der Waals surface area contributed by atoms with Crippen molar-refractivity contribution in [2.24, 2.45) is 0 Å². The van der Waals surface area contributed by atoms with Gasteiger partial charge in [-0.25, -0.2) is 8.42 Å². The number of benzene rings is 2. The highest BCUT2D eigenvalue weighted by Gasteiger charge is 2.23. The molecule has 0 saturated heterocycles. The first-order valence-corrected chi connectivity index (χ1v) is 13.7. The second kappa shape index (κ2) is 14.4. The fourth-order valence-electron chi connectivity index (χ4n) is 2.95. The lowest BCUT2D eigenvalue weighted by molar-refractivity contribution is -0.158. The summed E-state index contributed by atoms with van der Waals surface area (Å²) >= 11 is 18.2. The number of hydrogen-bond donors (Lipinski definition) is 0. The summed E-state index contributed by atoms with van der Waals surface area (Å²) in [5.41, 5.74) is 0. The van der Waals surface area contributed by atoms with Crippen molar-refractivity contribution in [3.05, 3.63) is 46.4 Å². The van der Waals surface area contributed by atoms with Crippen molar-refractivity contribution in [3.63, 3.8) is 0 Å². The third-order valence-electron chi connectivity index (χ3n) is 4.58. The van der Waals surface area contributed by atoms with Gasteiger partial charge in [0.25, 0.3) is 0 Å². The van der Waals surface area contributed by atoms with Gasteiger partial charge in [0.2, 0.25) is 9.84 Å². The zero-order valence-electron chi connectivity index (χ0n) is 20.6. The van der Waals surface area contributed by atoms with Gasteiger partial charge in [0, 0.05) is 20.8 Å². The first-order valence-electron chi connectivity index (χ1n) is 11.0. The minimum atomic E-state index is -4.03. The van der Waals surface area contributed by atoms with Crippen molar-refractivity contribution in [3.8, 4) is 11.5 Å². The van der Waals surface area contributed by atoms with Gasteiger partial charge in [0.05, 0.1) is 25.7 Å². The maximum atomic E-state index is 13.2. The number of alkyl halides is 1. The predicted octanol–water partition coefficient (Wildman–Crippen LogP) is 4.25. The van der Waals surface area contributed by atoms with Crippen molar-refractivity contribution in [2.45, 2.75) is 42.8 Å². The van der Waals surface area contributed by atoms with Gasteiger partial charge in [0.1, 0.15) is 31.7 Å². The molecule has 0 aliphatic rings. The lowest BCUT2D eigenvalue weighted by Gasteiger charge is -2.18. The molecule has 14 heteroatoms. The fourth-order valence-corrected chi connectivity index (χ4v) is 5.14. The number of hydrogen-bond acceptors (Lipinski definition) is 10. The second-order valence-corrected chi connectivity index (χ2v) is 10.8. The number of sulfone groups is 1. The van der Waals surface area contributed by atoms with Gasteiger partial charge in [-0.2, -0.15) is 0 Å². The van der Waals surface area contributed by atoms with Crippen molar-refractivity contribution in [1.29, 1.82) is 0 Å². The zero-order chi connectivity index (χ0) is 28.5. The standard InChI is InChI=1S/C24H25Cl3O10S/c1-14(28)33-12-19(37-16(3)30)13-34-17-4-6-20(7-5-17)38(31,32)21-8-22(26)24(23(27)9-21)35-11-18(10-25)36-15(2)29/h4-9,18-19H,10-13H2,1-3H3/t18-,19-/m1/s1. The lowest BCUT2D eigenvalue weighted by Crippen LogP contribution is -2.29. The van der Waals surface area contributed by atoms with Crippen LogP contribution in [0.1, 0.15) is 20.8 Å². The van der Waals surface area contributed by atoms with Crippen LogP contribution in [0.25, 0.3) is 0 Å². The maximum Gasteiger partial charge on any atom is 0.303 e. The van der Waals surface area contributed by atoms with Crippen molar-refractivity contribution < 1.29 is 46.5 Å². The summed E-state index contributed by atoms with van der Waals surface area (Å²) < 4.78 is 52.2. The topological polar surface area (TPSA) is 132 Å². The van der Waals surface area contributed by atoms with E-state index in [2.05, 4.69) is 0 Å². The molecule has 0 bridgehead atoms. The van der Waals surface area contributed by atoms with Gasteiger partial charge in [-0.1, -0.05) is 23.2 Å². The van der Waals surface area contributed by atoms with E-state index in [1.807, 2.05) is 0 Å². The Balaban J connectivity index is 2.14. The number of halogens is 3. The highest BCUT2D eigenvalue weighted by molar-refractivity contribution is 7.91. The molecule has 0 amide bonds. The quantitative estimate of drug-likeness (QED) is 0.184. The second-order valence-electron chi connectivity index (χ2n) is 7.73. The van der Waals surface area contributed by atoms with Crippen LogP contribution in [0.15, 0.2) is 46.2 Å². The van der Waals surface area contributed by atoms with Gasteiger partial charge in [-0.15, -0.1) is 11.6 Å². The maximum absolute atomic E-state index is 13.2. The average Bonchev–Trinajstić information content (AvgIpc) is 2.83. The zero-order valence-corrected chi connectivity index (χ0v) is 23.7. The van der Waals surface area contributed by atoms with Crippen molar-refractivity contribution in [2.75, 3.05) is 25.7 Å². The van der Waals surface area contributed by atoms with E-state index in [0.29, 0.717) is 0 Å². The van der Waals surface area contributed by atoms with Crippen molar-refractivity contribution >= 4 is 62.5 Å². The molecule has 0 aromatic heterocycles. The summed E-state index contributed by atoms with van der Waals surface area (Å²) in [5, 5.41) is -0.145. The molecule has 0 saturated carbocycles. The summed E-state index contributed by atoms with van der Waals surface area (Å²) in [6.07, 6.45) is -1.60. The summed E-state index contributed by atoms with van der Waals surface area (Å²) in [6, 6.07) is 7.81. The summed E-state index contributed by atoms with van der Waals surface area (Å²) in [6.45, 7) is 3.18. The van der Waals surface area contributed by atoms with Gasteiger partial charge >= 0.3 is 17.9 Å². The molecule has 0 N–H and O–H groups in total. The molecular weight excluding hydrogens is 587 g/mol. The number of esters is 3. The Morgan fingerprint density at radius 1 is 0.763 bits per heavy atom. The first-order chi connectivity index (χ1) is 17.8. The molecule has 0 radical (unpaired) electrons. The number of ether oxygens (including phenoxy) is 5. The Bertz CT molecular complexity index is 1230. The van der Waals surface area contributed by atoms with Crippen molar-refractivity contribution in [1.82, 2.24) is 0 Å². The SMILES string of the molecule is CC(=O)OC[C@H](COc1ccc(S(=O)(=O)c2cc(Cl)c(OC[C@@H](CCl)OC(C)=O)c(Cl)c2)cc1)OC(C)=O. The molecule has 0 aliphatic heterocycles. The molecule has 38 heavy (non-hydrogen) atoms. The predicted molar refractivity (Wildman–Crippen MR) is 138 cm³/mol. The van der Waals surface area contributed by atoms with Crippen LogP contribution < -0.4 is 9.47 Å². The monoisotopic (exact) mass is 610 g/mol. The third-order valence-corrected chi connectivity index (χ3v) is 7.23. The van der Waals surface area contributed by atoms with Gasteiger partial charge < -0.3 is 23.7 Å². The van der Waals surface area contributed by atoms with Gasteiger partial charge in [-0.05, 0) is 36.4 Å². The summed E-state index contributed by atoms with van der Waals surface area (Å²) in [7, 11) is -4.03. The molecule has 2 aromatic carbocycles. The largest absolute Gasteiger partial charge is 0.490 e. The first kappa shape index (κ1) is 31.5. The number of rotatable bonds is 13. The fraction of sp³-hybridized carbons (Fsp3) is 0.375. The third kappa shape index (κ3) is 9.54. The highest BCUT2D eigenvalue weighted by Crippen LogP contribution is 2.37. The lowest BCUT2D eigenvalue weighted by atomic mass is 10.3. The van der Waals surface area contributed by atoms with E-state index in [9.17, 15) is 22.8 Å². The van der Waals surface area contributed by atoms with E-state index < -0.39 is 40.0 Å². The molecule has 10 nitrogen and oxygen atoms in total. The van der Waals surface area contributed by atoms with Crippen LogP contribution >= 0.6 is 34.8 Å². The van der Waals surface area contributed by atoms with Crippen LogP contribution in [0.5, 0.6) is 11.5 Å². The smallest absolute Gasteiger partial charge is 0.303 e. The van der Waals surface area contributed by atoms with E-state index in [1.165, 1.54) is 57.2 Å². The molecule has 0 fully saturated rings. The van der Waals surface area contributed by atoms with Crippen LogP contribution in [0.2, 0.25) is 10.0 Å². The van der Waals surface area contributed by atoms with Gasteiger partial charge in [0.15, 0.2) is 11.9 Å². The van der Waals surface area contributed by atoms with E-state index >= 15 is 0 Å². The molecule has 208 valence electrons. The van der Waals surface area contributed by atoms with Crippen LogP contribution in [0, 0.1) is 0 Å². The Morgan fingerprint density at radius 2 is 1.29 bits per heavy atom. The molecule has 0 heterocycles. The van der Waals surface area contributed by atoms with Crippen LogP contribution in [0.4, 0.5) is 0 Å². The molecule has 0 unspecified atom stereocenters. The van der Waals surface area contributed by atoms with Crippen LogP contribution in [0.3, 0.4) is 0 Å². The summed E-state index contributed by atoms with van der Waals surface area (Å²) in [5.74, 6) is -1.40. The van der Waals surface area contributed by atoms with E-state index in [1.54, 1.807) is 0 Å². The minimum Gasteiger partial charge on any atom is -0.490 e. The minimum absolute atomic E-state index is 0.00869. The Labute approximate surface area is 234 Å².